The van der Waals surface area contributed by atoms with Crippen molar-refractivity contribution in [3.05, 3.63) is 65.5 Å². The van der Waals surface area contributed by atoms with E-state index in [1.54, 1.807) is 0 Å². The van der Waals surface area contributed by atoms with E-state index in [4.69, 9.17) is 0 Å². The van der Waals surface area contributed by atoms with Crippen molar-refractivity contribution in [1.29, 1.82) is 0 Å². The summed E-state index contributed by atoms with van der Waals surface area (Å²) in [7, 11) is 0. The van der Waals surface area contributed by atoms with Gasteiger partial charge in [0.15, 0.2) is 0 Å². The molecule has 2 heterocycles. The third-order valence-corrected chi connectivity index (χ3v) is 5.95. The van der Waals surface area contributed by atoms with E-state index in [9.17, 15) is 8.78 Å². The molecule has 0 radical (unpaired) electrons. The SMILES string of the molecule is Cc1cc(Nc2ncn(-c3cc(F)cc(F)c3)n2)cc(C2CCCN(C3CC3)C2)c1.[HH]. The molecule has 2 aromatic carbocycles. The Hall–Kier alpha value is -2.80. The molecule has 0 amide bonds. The molecule has 1 aromatic heterocycles. The van der Waals surface area contributed by atoms with Crippen LogP contribution in [0.15, 0.2) is 42.7 Å². The maximum atomic E-state index is 13.5. The Kier molecular flexibility index (Phi) is 4.98. The first-order chi connectivity index (χ1) is 14.5. The summed E-state index contributed by atoms with van der Waals surface area (Å²) in [6.45, 7) is 4.45. The summed E-state index contributed by atoms with van der Waals surface area (Å²) in [5, 5.41) is 7.57. The number of aryl methyl sites for hydroxylation is 1. The molecule has 5 nitrogen and oxygen atoms in total. The average Bonchev–Trinajstić information content (AvgIpc) is 3.46. The second kappa shape index (κ2) is 7.80. The van der Waals surface area contributed by atoms with Gasteiger partial charge in [0.25, 0.3) is 0 Å². The minimum Gasteiger partial charge on any atom is -0.323 e. The summed E-state index contributed by atoms with van der Waals surface area (Å²) < 4.78 is 28.3. The molecule has 158 valence electrons. The van der Waals surface area contributed by atoms with Gasteiger partial charge in [0.2, 0.25) is 5.95 Å². The van der Waals surface area contributed by atoms with Gasteiger partial charge in [-0.2, -0.15) is 4.98 Å². The van der Waals surface area contributed by atoms with Crippen molar-refractivity contribution in [1.82, 2.24) is 19.7 Å². The maximum Gasteiger partial charge on any atom is 0.246 e. The first-order valence-corrected chi connectivity index (χ1v) is 10.5. The zero-order chi connectivity index (χ0) is 20.7. The topological polar surface area (TPSA) is 46.0 Å². The molecule has 1 atom stereocenters. The van der Waals surface area contributed by atoms with Crippen LogP contribution < -0.4 is 5.32 Å². The zero-order valence-electron chi connectivity index (χ0n) is 17.0. The predicted octanol–water partition coefficient (Wildman–Crippen LogP) is 5.19. The Labute approximate surface area is 176 Å². The summed E-state index contributed by atoms with van der Waals surface area (Å²) in [6.07, 6.45) is 6.59. The van der Waals surface area contributed by atoms with Crippen molar-refractivity contribution in [2.75, 3.05) is 18.4 Å². The highest BCUT2D eigenvalue weighted by Crippen LogP contribution is 2.35. The van der Waals surface area contributed by atoms with Gasteiger partial charge in [-0.3, -0.25) is 4.90 Å². The van der Waals surface area contributed by atoms with E-state index in [-0.39, 0.29) is 1.43 Å². The molecule has 0 spiro atoms. The number of aromatic nitrogens is 3. The first-order valence-electron chi connectivity index (χ1n) is 10.5. The van der Waals surface area contributed by atoms with Crippen molar-refractivity contribution in [2.45, 2.75) is 44.6 Å². The van der Waals surface area contributed by atoms with Gasteiger partial charge in [0, 0.05) is 25.8 Å². The minimum atomic E-state index is -0.647. The number of likely N-dealkylation sites (tertiary alicyclic amines) is 1. The molecule has 5 rings (SSSR count). The van der Waals surface area contributed by atoms with Gasteiger partial charge in [0.05, 0.1) is 5.69 Å². The normalized spacial score (nSPS) is 19.8. The molecule has 7 heteroatoms. The molecule has 2 fully saturated rings. The van der Waals surface area contributed by atoms with Gasteiger partial charge in [-0.25, -0.2) is 13.5 Å². The molecule has 1 unspecified atom stereocenters. The summed E-state index contributed by atoms with van der Waals surface area (Å²) in [5.74, 6) is -0.364. The number of benzene rings is 2. The number of halogens is 2. The monoisotopic (exact) mass is 411 g/mol. The Morgan fingerprint density at radius 3 is 2.60 bits per heavy atom. The van der Waals surface area contributed by atoms with Gasteiger partial charge in [-0.1, -0.05) is 6.07 Å². The minimum absolute atomic E-state index is 0. The lowest BCUT2D eigenvalue weighted by Gasteiger charge is -2.33. The Balaban J connectivity index is 0.00000231. The van der Waals surface area contributed by atoms with Crippen LogP contribution in [0.3, 0.4) is 0 Å². The Bertz CT molecular complexity index is 1050. The van der Waals surface area contributed by atoms with E-state index in [1.807, 2.05) is 0 Å². The number of nitrogens with one attached hydrogen (secondary N) is 1. The fourth-order valence-electron chi connectivity index (χ4n) is 4.42. The highest BCUT2D eigenvalue weighted by atomic mass is 19.1. The molecule has 1 saturated heterocycles. The van der Waals surface area contributed by atoms with E-state index >= 15 is 0 Å². The van der Waals surface area contributed by atoms with Crippen LogP contribution in [0.1, 0.15) is 44.2 Å². The van der Waals surface area contributed by atoms with Crippen molar-refractivity contribution >= 4 is 11.6 Å². The highest BCUT2D eigenvalue weighted by molar-refractivity contribution is 5.56. The Morgan fingerprint density at radius 2 is 1.83 bits per heavy atom. The molecule has 2 aliphatic rings. The average molecular weight is 412 g/mol. The van der Waals surface area contributed by atoms with Crippen LogP contribution in [0.25, 0.3) is 5.69 Å². The lowest BCUT2D eigenvalue weighted by molar-refractivity contribution is 0.199. The molecule has 1 N–H and O–H groups in total. The molecular weight excluding hydrogens is 384 g/mol. The maximum absolute atomic E-state index is 13.5. The molecule has 1 aliphatic heterocycles. The number of rotatable bonds is 5. The molecule has 3 aromatic rings. The van der Waals surface area contributed by atoms with Gasteiger partial charge < -0.3 is 5.32 Å². The second-order valence-corrected chi connectivity index (χ2v) is 8.46. The lowest BCUT2D eigenvalue weighted by Crippen LogP contribution is -2.35. The van der Waals surface area contributed by atoms with Crippen LogP contribution in [-0.4, -0.2) is 38.8 Å². The fraction of sp³-hybridized carbons (Fsp3) is 0.391. The van der Waals surface area contributed by atoms with E-state index < -0.39 is 11.6 Å². The van der Waals surface area contributed by atoms with E-state index in [0.717, 1.165) is 24.3 Å². The molecular formula is C23H27F2N5. The quantitative estimate of drug-likeness (QED) is 0.628. The largest absolute Gasteiger partial charge is 0.323 e. The van der Waals surface area contributed by atoms with Crippen molar-refractivity contribution in [3.8, 4) is 5.69 Å². The number of anilines is 2. The predicted molar refractivity (Wildman–Crippen MR) is 114 cm³/mol. The zero-order valence-corrected chi connectivity index (χ0v) is 17.0. The van der Waals surface area contributed by atoms with Crippen molar-refractivity contribution < 1.29 is 10.2 Å². The first kappa shape index (κ1) is 19.2. The van der Waals surface area contributed by atoms with Gasteiger partial charge in [-0.15, -0.1) is 5.10 Å². The standard InChI is InChI=1S/C23H25F2N5.H2/c1-15-7-17(16-3-2-6-29(13-16)21-4-5-21)9-20(8-15)27-23-26-14-30(28-23)22-11-18(24)10-19(25)12-22;/h7-12,14,16,21H,2-6,13H2,1H3,(H,27,28);1H. The number of piperidine rings is 1. The molecule has 1 saturated carbocycles. The third-order valence-electron chi connectivity index (χ3n) is 5.95. The lowest BCUT2D eigenvalue weighted by atomic mass is 9.89. The van der Waals surface area contributed by atoms with Gasteiger partial charge in [-0.05, 0) is 80.5 Å². The van der Waals surface area contributed by atoms with Crippen LogP contribution in [-0.2, 0) is 0 Å². The Morgan fingerprint density at radius 1 is 1.03 bits per heavy atom. The van der Waals surface area contributed by atoms with Gasteiger partial charge in [0.1, 0.15) is 18.0 Å². The van der Waals surface area contributed by atoms with Crippen LogP contribution in [0.4, 0.5) is 20.4 Å². The third kappa shape index (κ3) is 4.21. The van der Waals surface area contributed by atoms with E-state index in [2.05, 4.69) is 45.4 Å². The number of hydrogen-bond donors (Lipinski definition) is 1. The summed E-state index contributed by atoms with van der Waals surface area (Å²) >= 11 is 0. The molecule has 0 bridgehead atoms. The summed E-state index contributed by atoms with van der Waals surface area (Å²) in [5.41, 5.74) is 3.75. The number of nitrogens with zero attached hydrogens (tertiary/aromatic N) is 4. The van der Waals surface area contributed by atoms with Crippen LogP contribution >= 0.6 is 0 Å². The smallest absolute Gasteiger partial charge is 0.246 e. The molecule has 30 heavy (non-hydrogen) atoms. The van der Waals surface area contributed by atoms with E-state index in [1.165, 1.54) is 66.5 Å². The van der Waals surface area contributed by atoms with Crippen LogP contribution in [0.5, 0.6) is 0 Å². The van der Waals surface area contributed by atoms with Crippen LogP contribution in [0.2, 0.25) is 0 Å². The summed E-state index contributed by atoms with van der Waals surface area (Å²) in [6, 6.07) is 10.6. The van der Waals surface area contributed by atoms with Crippen molar-refractivity contribution in [2.24, 2.45) is 0 Å². The van der Waals surface area contributed by atoms with Gasteiger partial charge >= 0.3 is 0 Å². The number of hydrogen-bond acceptors (Lipinski definition) is 4. The highest BCUT2D eigenvalue weighted by Gasteiger charge is 2.33. The van der Waals surface area contributed by atoms with Crippen molar-refractivity contribution in [3.63, 3.8) is 0 Å². The molecule has 1 aliphatic carbocycles. The fourth-order valence-corrected chi connectivity index (χ4v) is 4.42. The van der Waals surface area contributed by atoms with E-state index in [0.29, 0.717) is 17.6 Å². The second-order valence-electron chi connectivity index (χ2n) is 8.46. The van der Waals surface area contributed by atoms with Crippen LogP contribution in [0, 0.1) is 18.6 Å². The summed E-state index contributed by atoms with van der Waals surface area (Å²) in [4.78, 5) is 6.89.